The van der Waals surface area contributed by atoms with Gasteiger partial charge in [-0.25, -0.2) is 0 Å². The molecule has 0 radical (unpaired) electrons. The minimum Gasteiger partial charge on any atom is -0.412 e. The third-order valence-corrected chi connectivity index (χ3v) is 0. The monoisotopic (exact) mass is 170 g/mol. The van der Waals surface area contributed by atoms with Crippen molar-refractivity contribution in [2.24, 2.45) is 0 Å². The minimum atomic E-state index is 0. The second kappa shape index (κ2) is 23.5. The summed E-state index contributed by atoms with van der Waals surface area (Å²) in [6, 6.07) is 0. The molecule has 0 unspecified atom stereocenters. The summed E-state index contributed by atoms with van der Waals surface area (Å²) < 4.78 is 0. The van der Waals surface area contributed by atoms with Gasteiger partial charge in [0.25, 0.3) is 0 Å². The second-order valence-corrected chi connectivity index (χ2v) is 0.316. The Hall–Kier alpha value is 0.582. The van der Waals surface area contributed by atoms with Crippen molar-refractivity contribution in [1.82, 2.24) is 0 Å². The smallest absolute Gasteiger partial charge is 0.0402 e. The van der Waals surface area contributed by atoms with Crippen LogP contribution in [0.25, 0.3) is 0 Å². The Morgan fingerprint density at radius 2 is 1.60 bits per heavy atom. The van der Waals surface area contributed by atoms with Gasteiger partial charge in [0, 0.05) is 27.0 Å². The van der Waals surface area contributed by atoms with Crippen LogP contribution in [0.2, 0.25) is 0 Å². The molecule has 0 saturated carbocycles. The summed E-state index contributed by atoms with van der Waals surface area (Å²) in [7, 11) is 0. The largest absolute Gasteiger partial charge is 0.412 e. The maximum absolute atomic E-state index is 7.57. The van der Waals surface area contributed by atoms with E-state index in [9.17, 15) is 0 Å². The average Bonchev–Trinajstić information content (AvgIpc) is 0.918. The van der Waals surface area contributed by atoms with Crippen LogP contribution < -0.4 is 0 Å². The molecule has 0 heterocycles. The molecule has 0 aromatic carbocycles. The fraction of sp³-hybridized carbons (Fsp3) is 1.00. The van der Waals surface area contributed by atoms with Crippen LogP contribution in [0.15, 0.2) is 0 Å². The van der Waals surface area contributed by atoms with Crippen LogP contribution in [0.3, 0.4) is 0 Å². The van der Waals surface area contributed by atoms with Crippen molar-refractivity contribution in [3.8, 4) is 0 Å². The summed E-state index contributed by atoms with van der Waals surface area (Å²) >= 11 is 0. The van der Waals surface area contributed by atoms with Gasteiger partial charge in [-0.1, -0.05) is 0 Å². The van der Waals surface area contributed by atoms with Crippen LogP contribution in [0.5, 0.6) is 0 Å². The van der Waals surface area contributed by atoms with E-state index in [1.54, 1.807) is 6.92 Å². The molecule has 0 atom stereocenters. The van der Waals surface area contributed by atoms with Gasteiger partial charge < -0.3 is 10.6 Å². The van der Waals surface area contributed by atoms with E-state index in [0.717, 1.165) is 0 Å². The predicted octanol–water partition coefficient (Wildman–Crippen LogP) is -0.829. The number of hydrogen-bond donors (Lipinski definition) is 1. The molecule has 0 spiro atoms. The first-order chi connectivity index (χ1) is 1.41. The zero-order valence-electron chi connectivity index (χ0n) is 2.97. The molecule has 0 aliphatic rings. The third kappa shape index (κ3) is 90.1. The van der Waals surface area contributed by atoms with Gasteiger partial charge in [-0.2, -0.15) is 0 Å². The molecule has 0 aromatic heterocycles. The maximum atomic E-state index is 7.57. The Morgan fingerprint density at radius 1 is 1.60 bits per heavy atom. The summed E-state index contributed by atoms with van der Waals surface area (Å²) in [4.78, 5) is 0. The fourth-order valence-electron chi connectivity index (χ4n) is 0. The number of rotatable bonds is 0. The van der Waals surface area contributed by atoms with Gasteiger partial charge in [0.2, 0.25) is 0 Å². The van der Waals surface area contributed by atoms with Crippen molar-refractivity contribution in [2.75, 3.05) is 6.61 Å². The molecular formula is C2H8O2Pd. The molecule has 0 aliphatic heterocycles. The van der Waals surface area contributed by atoms with E-state index < -0.39 is 0 Å². The van der Waals surface area contributed by atoms with Crippen LogP contribution in [0.1, 0.15) is 6.92 Å². The molecule has 3 N–H and O–H groups in total. The molecule has 0 bridgehead atoms. The van der Waals surface area contributed by atoms with Crippen LogP contribution in [-0.2, 0) is 20.4 Å². The van der Waals surface area contributed by atoms with E-state index in [4.69, 9.17) is 5.11 Å². The molecular weight excluding hydrogens is 162 g/mol. The maximum Gasteiger partial charge on any atom is 0.0402 e. The molecule has 0 amide bonds. The van der Waals surface area contributed by atoms with E-state index in [1.165, 1.54) is 0 Å². The van der Waals surface area contributed by atoms with Gasteiger partial charge in [-0.15, -0.1) is 0 Å². The number of aliphatic hydroxyl groups is 1. The van der Waals surface area contributed by atoms with Gasteiger partial charge in [-0.3, -0.25) is 0 Å². The molecule has 38 valence electrons. The molecule has 0 saturated heterocycles. The van der Waals surface area contributed by atoms with E-state index in [0.29, 0.717) is 0 Å². The van der Waals surface area contributed by atoms with E-state index in [2.05, 4.69) is 0 Å². The topological polar surface area (TPSA) is 51.7 Å². The molecule has 0 fully saturated rings. The third-order valence-electron chi connectivity index (χ3n) is 0. The first kappa shape index (κ1) is 17.6. The Labute approximate surface area is 45.2 Å². The first-order valence-corrected chi connectivity index (χ1v) is 1.02. The zero-order valence-corrected chi connectivity index (χ0v) is 4.53. The summed E-state index contributed by atoms with van der Waals surface area (Å²) in [6.45, 7) is 1.93. The quantitative estimate of drug-likeness (QED) is 0.474. The van der Waals surface area contributed by atoms with Gasteiger partial charge in [0.1, 0.15) is 0 Å². The van der Waals surface area contributed by atoms with Crippen molar-refractivity contribution in [3.05, 3.63) is 0 Å². The average molecular weight is 171 g/mol. The molecule has 0 aliphatic carbocycles. The number of hydrogen-bond acceptors (Lipinski definition) is 1. The Morgan fingerprint density at radius 3 is 1.60 bits per heavy atom. The molecule has 2 nitrogen and oxygen atoms in total. The Bertz CT molecular complexity index is 7.61. The molecule has 0 rings (SSSR count). The number of aliphatic hydroxyl groups excluding tert-OH is 1. The standard InChI is InChI=1S/C2H6O.H2O.Pd/c1-2-3;;/h3H,2H2,1H3;1H2;. The summed E-state index contributed by atoms with van der Waals surface area (Å²) in [5.74, 6) is 0. The van der Waals surface area contributed by atoms with Gasteiger partial charge in [0.15, 0.2) is 0 Å². The van der Waals surface area contributed by atoms with Crippen molar-refractivity contribution in [1.29, 1.82) is 0 Å². The second-order valence-electron chi connectivity index (χ2n) is 0.316. The first-order valence-electron chi connectivity index (χ1n) is 1.02. The van der Waals surface area contributed by atoms with Crippen LogP contribution in [0, 0.1) is 0 Å². The van der Waals surface area contributed by atoms with Crippen LogP contribution >= 0.6 is 0 Å². The summed E-state index contributed by atoms with van der Waals surface area (Å²) in [5.41, 5.74) is 0. The van der Waals surface area contributed by atoms with Crippen LogP contribution in [0.4, 0.5) is 0 Å². The molecule has 0 aromatic rings. The predicted molar refractivity (Wildman–Crippen MR) is 16.4 cm³/mol. The van der Waals surface area contributed by atoms with Crippen molar-refractivity contribution < 1.29 is 31.0 Å². The van der Waals surface area contributed by atoms with E-state index >= 15 is 0 Å². The summed E-state index contributed by atoms with van der Waals surface area (Å²) in [5, 5.41) is 7.57. The Balaban J connectivity index is -0.0000000200. The zero-order chi connectivity index (χ0) is 2.71. The summed E-state index contributed by atoms with van der Waals surface area (Å²) in [6.07, 6.45) is 0. The van der Waals surface area contributed by atoms with E-state index in [-0.39, 0.29) is 32.5 Å². The van der Waals surface area contributed by atoms with Gasteiger partial charge >= 0.3 is 0 Å². The van der Waals surface area contributed by atoms with Crippen LogP contribution in [-0.4, -0.2) is 17.2 Å². The fourth-order valence-corrected chi connectivity index (χ4v) is 0. The van der Waals surface area contributed by atoms with Crippen molar-refractivity contribution in [2.45, 2.75) is 6.92 Å². The van der Waals surface area contributed by atoms with Crippen molar-refractivity contribution in [3.63, 3.8) is 0 Å². The molecule has 5 heavy (non-hydrogen) atoms. The van der Waals surface area contributed by atoms with E-state index in [1.807, 2.05) is 0 Å². The SMILES string of the molecule is CCO.O.[Pd]. The van der Waals surface area contributed by atoms with Gasteiger partial charge in [-0.05, 0) is 6.92 Å². The van der Waals surface area contributed by atoms with Crippen molar-refractivity contribution >= 4 is 0 Å². The van der Waals surface area contributed by atoms with Gasteiger partial charge in [0.05, 0.1) is 0 Å². The molecule has 3 heteroatoms. The normalized spacial score (nSPS) is 3.60. The Kier molecular flexibility index (Phi) is 82.6. The minimum absolute atomic E-state index is 0.